The van der Waals surface area contributed by atoms with Gasteiger partial charge >= 0.3 is 5.97 Å². The monoisotopic (exact) mass is 330 g/mol. The lowest BCUT2D eigenvalue weighted by atomic mass is 9.89. The molecule has 0 spiro atoms. The minimum absolute atomic E-state index is 0.0931. The Balaban J connectivity index is 2.59. The predicted octanol–water partition coefficient (Wildman–Crippen LogP) is 3.29. The standard InChI is InChI=1S/C19H22O5/c1-13-9-10-16(22-3)15(11-13)18(19(20)23-4)14-7-5-6-8-17(14)24-12-21-2/h5-11,18H,12H2,1-4H3/t18-/m0/s1. The van der Waals surface area contributed by atoms with Crippen molar-refractivity contribution < 1.29 is 23.7 Å². The van der Waals surface area contributed by atoms with Crippen LogP contribution in [0.2, 0.25) is 0 Å². The Morgan fingerprint density at radius 1 is 1.00 bits per heavy atom. The number of rotatable bonds is 7. The molecule has 0 aliphatic rings. The lowest BCUT2D eigenvalue weighted by Crippen LogP contribution is -2.18. The molecular formula is C19H22O5. The highest BCUT2D eigenvalue weighted by molar-refractivity contribution is 5.84. The third-order valence-corrected chi connectivity index (χ3v) is 3.70. The van der Waals surface area contributed by atoms with Gasteiger partial charge in [0, 0.05) is 18.2 Å². The van der Waals surface area contributed by atoms with Gasteiger partial charge in [-0.25, -0.2) is 0 Å². The van der Waals surface area contributed by atoms with E-state index in [4.69, 9.17) is 18.9 Å². The Kier molecular flexibility index (Phi) is 6.21. The summed E-state index contributed by atoms with van der Waals surface area (Å²) in [7, 11) is 4.50. The number of aryl methyl sites for hydroxylation is 1. The van der Waals surface area contributed by atoms with E-state index in [-0.39, 0.29) is 12.8 Å². The van der Waals surface area contributed by atoms with Crippen LogP contribution >= 0.6 is 0 Å². The van der Waals surface area contributed by atoms with Crippen LogP contribution in [-0.2, 0) is 14.3 Å². The zero-order valence-electron chi connectivity index (χ0n) is 14.4. The average Bonchev–Trinajstić information content (AvgIpc) is 2.61. The van der Waals surface area contributed by atoms with Crippen LogP contribution in [0.3, 0.4) is 0 Å². The lowest BCUT2D eigenvalue weighted by Gasteiger charge is -2.21. The molecular weight excluding hydrogens is 308 g/mol. The van der Waals surface area contributed by atoms with Gasteiger partial charge < -0.3 is 18.9 Å². The first-order chi connectivity index (χ1) is 11.6. The van der Waals surface area contributed by atoms with Crippen LogP contribution in [0.4, 0.5) is 0 Å². The SMILES string of the molecule is COCOc1ccccc1[C@H](C(=O)OC)c1cc(C)ccc1OC. The minimum Gasteiger partial charge on any atom is -0.496 e. The maximum Gasteiger partial charge on any atom is 0.317 e. The van der Waals surface area contributed by atoms with E-state index in [1.165, 1.54) is 7.11 Å². The van der Waals surface area contributed by atoms with Crippen LogP contribution in [0.5, 0.6) is 11.5 Å². The van der Waals surface area contributed by atoms with Crippen LogP contribution < -0.4 is 9.47 Å². The maximum atomic E-state index is 12.6. The van der Waals surface area contributed by atoms with Crippen molar-refractivity contribution in [3.05, 3.63) is 59.2 Å². The van der Waals surface area contributed by atoms with E-state index in [1.807, 2.05) is 43.3 Å². The molecule has 0 unspecified atom stereocenters. The van der Waals surface area contributed by atoms with Gasteiger partial charge in [-0.3, -0.25) is 4.79 Å². The van der Waals surface area contributed by atoms with Gasteiger partial charge in [0.2, 0.25) is 0 Å². The van der Waals surface area contributed by atoms with E-state index in [2.05, 4.69) is 0 Å². The number of methoxy groups -OCH3 is 3. The second-order valence-corrected chi connectivity index (χ2v) is 5.29. The van der Waals surface area contributed by atoms with E-state index in [0.717, 1.165) is 11.1 Å². The van der Waals surface area contributed by atoms with Gasteiger partial charge in [0.25, 0.3) is 0 Å². The molecule has 0 saturated heterocycles. The van der Waals surface area contributed by atoms with E-state index >= 15 is 0 Å². The molecule has 0 radical (unpaired) electrons. The number of benzene rings is 2. The minimum atomic E-state index is -0.655. The Morgan fingerprint density at radius 3 is 2.42 bits per heavy atom. The second-order valence-electron chi connectivity index (χ2n) is 5.29. The molecule has 0 amide bonds. The number of hydrogen-bond donors (Lipinski definition) is 0. The van der Waals surface area contributed by atoms with Crippen LogP contribution in [0.1, 0.15) is 22.6 Å². The number of ether oxygens (including phenoxy) is 4. The van der Waals surface area contributed by atoms with Gasteiger partial charge in [-0.05, 0) is 19.1 Å². The molecule has 0 fully saturated rings. The first kappa shape index (κ1) is 17.8. The summed E-state index contributed by atoms with van der Waals surface area (Å²) < 4.78 is 21.1. The third kappa shape index (κ3) is 3.86. The first-order valence-corrected chi connectivity index (χ1v) is 7.55. The summed E-state index contributed by atoms with van der Waals surface area (Å²) in [5.41, 5.74) is 2.46. The Morgan fingerprint density at radius 2 is 1.75 bits per heavy atom. The zero-order chi connectivity index (χ0) is 17.5. The smallest absolute Gasteiger partial charge is 0.317 e. The molecule has 0 aromatic heterocycles. The predicted molar refractivity (Wildman–Crippen MR) is 90.5 cm³/mol. The second kappa shape index (κ2) is 8.36. The van der Waals surface area contributed by atoms with Crippen LogP contribution in [-0.4, -0.2) is 34.1 Å². The Labute approximate surface area is 142 Å². The number of carbonyl (C=O) groups excluding carboxylic acids is 1. The summed E-state index contributed by atoms with van der Waals surface area (Å²) in [5, 5.41) is 0. The fourth-order valence-corrected chi connectivity index (χ4v) is 2.59. The largest absolute Gasteiger partial charge is 0.496 e. The third-order valence-electron chi connectivity index (χ3n) is 3.70. The molecule has 128 valence electrons. The average molecular weight is 330 g/mol. The normalized spacial score (nSPS) is 11.7. The highest BCUT2D eigenvalue weighted by Gasteiger charge is 2.29. The van der Waals surface area contributed by atoms with Crippen LogP contribution in [0, 0.1) is 6.92 Å². The summed E-state index contributed by atoms with van der Waals surface area (Å²) in [6.45, 7) is 2.06. The van der Waals surface area contributed by atoms with Crippen molar-refractivity contribution in [3.8, 4) is 11.5 Å². The van der Waals surface area contributed by atoms with Crippen molar-refractivity contribution in [2.75, 3.05) is 28.1 Å². The van der Waals surface area contributed by atoms with Crippen molar-refractivity contribution in [2.24, 2.45) is 0 Å². The van der Waals surface area contributed by atoms with Crippen LogP contribution in [0.15, 0.2) is 42.5 Å². The molecule has 2 aromatic carbocycles. The molecule has 24 heavy (non-hydrogen) atoms. The number of esters is 1. The molecule has 1 atom stereocenters. The summed E-state index contributed by atoms with van der Waals surface area (Å²) in [4.78, 5) is 12.6. The van der Waals surface area contributed by atoms with Crippen molar-refractivity contribution >= 4 is 5.97 Å². The summed E-state index contributed by atoms with van der Waals surface area (Å²) in [5.74, 6) is 0.154. The molecule has 5 nitrogen and oxygen atoms in total. The summed E-state index contributed by atoms with van der Waals surface area (Å²) in [6, 6.07) is 13.0. The van der Waals surface area contributed by atoms with Crippen molar-refractivity contribution in [3.63, 3.8) is 0 Å². The first-order valence-electron chi connectivity index (χ1n) is 7.55. The van der Waals surface area contributed by atoms with E-state index in [1.54, 1.807) is 20.3 Å². The van der Waals surface area contributed by atoms with Crippen molar-refractivity contribution in [2.45, 2.75) is 12.8 Å². The molecule has 2 aromatic rings. The number of hydrogen-bond acceptors (Lipinski definition) is 5. The van der Waals surface area contributed by atoms with Gasteiger partial charge in [0.05, 0.1) is 14.2 Å². The molecule has 0 saturated carbocycles. The van der Waals surface area contributed by atoms with E-state index in [9.17, 15) is 4.79 Å². The molecule has 0 heterocycles. The topological polar surface area (TPSA) is 54.0 Å². The Hall–Kier alpha value is -2.53. The highest BCUT2D eigenvalue weighted by Crippen LogP contribution is 2.37. The molecule has 0 aliphatic carbocycles. The van der Waals surface area contributed by atoms with Gasteiger partial charge in [0.1, 0.15) is 17.4 Å². The van der Waals surface area contributed by atoms with E-state index in [0.29, 0.717) is 17.1 Å². The molecule has 0 bridgehead atoms. The fraction of sp³-hybridized carbons (Fsp3) is 0.316. The number of carbonyl (C=O) groups is 1. The summed E-state index contributed by atoms with van der Waals surface area (Å²) >= 11 is 0. The van der Waals surface area contributed by atoms with Gasteiger partial charge in [-0.15, -0.1) is 0 Å². The maximum absolute atomic E-state index is 12.6. The van der Waals surface area contributed by atoms with Gasteiger partial charge in [-0.2, -0.15) is 0 Å². The van der Waals surface area contributed by atoms with E-state index < -0.39 is 5.92 Å². The Bertz CT molecular complexity index is 696. The molecule has 5 heteroatoms. The highest BCUT2D eigenvalue weighted by atomic mass is 16.7. The summed E-state index contributed by atoms with van der Waals surface area (Å²) in [6.07, 6.45) is 0. The fourth-order valence-electron chi connectivity index (χ4n) is 2.59. The van der Waals surface area contributed by atoms with Gasteiger partial charge in [-0.1, -0.05) is 35.9 Å². The van der Waals surface area contributed by atoms with Gasteiger partial charge in [0.15, 0.2) is 6.79 Å². The molecule has 2 rings (SSSR count). The molecule has 0 N–H and O–H groups in total. The quantitative estimate of drug-likeness (QED) is 0.576. The van der Waals surface area contributed by atoms with Crippen molar-refractivity contribution in [1.82, 2.24) is 0 Å². The van der Waals surface area contributed by atoms with Crippen molar-refractivity contribution in [1.29, 1.82) is 0 Å². The zero-order valence-corrected chi connectivity index (χ0v) is 14.4. The molecule has 0 aliphatic heterocycles. The van der Waals surface area contributed by atoms with Crippen LogP contribution in [0.25, 0.3) is 0 Å². The number of para-hydroxylation sites is 1. The lowest BCUT2D eigenvalue weighted by molar-refractivity contribution is -0.141.